The smallest absolute Gasteiger partial charge is 0.328 e. The van der Waals surface area contributed by atoms with Crippen molar-refractivity contribution >= 4 is 23.5 Å². The first-order valence-electron chi connectivity index (χ1n) is 9.21. The molecule has 3 rings (SSSR count). The van der Waals surface area contributed by atoms with Crippen molar-refractivity contribution in [3.8, 4) is 0 Å². The Morgan fingerprint density at radius 1 is 1.30 bits per heavy atom. The van der Waals surface area contributed by atoms with Crippen LogP contribution in [0.2, 0.25) is 0 Å². The molecule has 2 aliphatic heterocycles. The molecule has 0 bridgehead atoms. The first-order valence-corrected chi connectivity index (χ1v) is 9.21. The van der Waals surface area contributed by atoms with E-state index < -0.39 is 18.1 Å². The number of benzene rings is 1. The quantitative estimate of drug-likeness (QED) is 0.755. The summed E-state index contributed by atoms with van der Waals surface area (Å²) in [6, 6.07) is 5.79. The second kappa shape index (κ2) is 8.96. The average molecular weight is 375 g/mol. The van der Waals surface area contributed by atoms with E-state index in [-0.39, 0.29) is 11.8 Å². The van der Waals surface area contributed by atoms with Gasteiger partial charge in [0.2, 0.25) is 5.91 Å². The summed E-state index contributed by atoms with van der Waals surface area (Å²) in [5, 5.41) is 5.90. The van der Waals surface area contributed by atoms with Crippen molar-refractivity contribution in [2.24, 2.45) is 0 Å². The van der Waals surface area contributed by atoms with E-state index in [0.717, 1.165) is 12.8 Å². The minimum Gasteiger partial charge on any atom is -0.467 e. The molecular formula is C19H25N3O5. The standard InChI is InChI=1S/C19H25N3O5/c1-26-19(25)16-7-2-3-9-22(16)18(24)13-5-4-6-14(11-13)21-17(23)15-12-27-10-8-20-15/h4-6,11,15-16,20H,2-3,7-10,12H2,1H3,(H,21,23). The number of hydrogen-bond donors (Lipinski definition) is 2. The van der Waals surface area contributed by atoms with Gasteiger partial charge in [-0.25, -0.2) is 4.79 Å². The SMILES string of the molecule is COC(=O)C1CCCCN1C(=O)c1cccc(NC(=O)C2COCCN2)c1. The third-order valence-corrected chi connectivity index (χ3v) is 4.85. The van der Waals surface area contributed by atoms with E-state index in [2.05, 4.69) is 10.6 Å². The monoisotopic (exact) mass is 375 g/mol. The molecule has 8 heteroatoms. The Labute approximate surface area is 158 Å². The number of esters is 1. The molecule has 2 amide bonds. The summed E-state index contributed by atoms with van der Waals surface area (Å²) in [5.41, 5.74) is 0.960. The zero-order valence-electron chi connectivity index (χ0n) is 15.4. The Bertz CT molecular complexity index is 702. The van der Waals surface area contributed by atoms with E-state index in [1.54, 1.807) is 29.2 Å². The molecular weight excluding hydrogens is 350 g/mol. The Balaban J connectivity index is 1.71. The van der Waals surface area contributed by atoms with Crippen LogP contribution in [-0.2, 0) is 19.1 Å². The van der Waals surface area contributed by atoms with Gasteiger partial charge in [-0.3, -0.25) is 9.59 Å². The molecule has 2 heterocycles. The van der Waals surface area contributed by atoms with Crippen molar-refractivity contribution in [1.82, 2.24) is 10.2 Å². The molecule has 0 aliphatic carbocycles. The minimum absolute atomic E-state index is 0.204. The second-order valence-corrected chi connectivity index (χ2v) is 6.68. The van der Waals surface area contributed by atoms with Gasteiger partial charge in [0.1, 0.15) is 12.1 Å². The molecule has 2 atom stereocenters. The molecule has 2 saturated heterocycles. The number of carbonyl (C=O) groups excluding carboxylic acids is 3. The third-order valence-electron chi connectivity index (χ3n) is 4.85. The molecule has 2 fully saturated rings. The largest absolute Gasteiger partial charge is 0.467 e. The van der Waals surface area contributed by atoms with Crippen molar-refractivity contribution in [1.29, 1.82) is 0 Å². The number of ether oxygens (including phenoxy) is 2. The average Bonchev–Trinajstić information content (AvgIpc) is 2.73. The van der Waals surface area contributed by atoms with Gasteiger partial charge in [-0.2, -0.15) is 0 Å². The number of likely N-dealkylation sites (tertiary alicyclic amines) is 1. The third kappa shape index (κ3) is 4.64. The lowest BCUT2D eigenvalue weighted by Gasteiger charge is -2.33. The van der Waals surface area contributed by atoms with Crippen molar-refractivity contribution in [2.45, 2.75) is 31.3 Å². The topological polar surface area (TPSA) is 97.0 Å². The molecule has 2 N–H and O–H groups in total. The van der Waals surface area contributed by atoms with E-state index in [1.807, 2.05) is 0 Å². The van der Waals surface area contributed by atoms with Gasteiger partial charge in [0.25, 0.3) is 5.91 Å². The molecule has 1 aromatic carbocycles. The van der Waals surface area contributed by atoms with Gasteiger partial charge in [0.05, 0.1) is 20.3 Å². The van der Waals surface area contributed by atoms with E-state index in [0.29, 0.717) is 44.0 Å². The highest BCUT2D eigenvalue weighted by atomic mass is 16.5. The Kier molecular flexibility index (Phi) is 6.41. The molecule has 8 nitrogen and oxygen atoms in total. The molecule has 146 valence electrons. The Morgan fingerprint density at radius 2 is 2.15 bits per heavy atom. The molecule has 0 saturated carbocycles. The number of morpholine rings is 1. The highest BCUT2D eigenvalue weighted by molar-refractivity contribution is 6.00. The van der Waals surface area contributed by atoms with Crippen LogP contribution in [0.25, 0.3) is 0 Å². The molecule has 0 aromatic heterocycles. The Hall–Kier alpha value is -2.45. The van der Waals surface area contributed by atoms with Gasteiger partial charge in [-0.05, 0) is 37.5 Å². The van der Waals surface area contributed by atoms with Crippen LogP contribution in [0.15, 0.2) is 24.3 Å². The van der Waals surface area contributed by atoms with Gasteiger partial charge in [0.15, 0.2) is 0 Å². The number of hydrogen-bond acceptors (Lipinski definition) is 6. The fourth-order valence-corrected chi connectivity index (χ4v) is 3.41. The Morgan fingerprint density at radius 3 is 2.89 bits per heavy atom. The van der Waals surface area contributed by atoms with Gasteiger partial charge < -0.3 is 25.0 Å². The van der Waals surface area contributed by atoms with Crippen LogP contribution in [0.5, 0.6) is 0 Å². The summed E-state index contributed by atoms with van der Waals surface area (Å²) in [4.78, 5) is 38.8. The zero-order chi connectivity index (χ0) is 19.2. The molecule has 2 unspecified atom stereocenters. The lowest BCUT2D eigenvalue weighted by molar-refractivity contribution is -0.147. The molecule has 0 radical (unpaired) electrons. The fraction of sp³-hybridized carbons (Fsp3) is 0.526. The number of rotatable bonds is 4. The molecule has 0 spiro atoms. The summed E-state index contributed by atoms with van der Waals surface area (Å²) in [6.07, 6.45) is 2.33. The van der Waals surface area contributed by atoms with Crippen LogP contribution >= 0.6 is 0 Å². The fourth-order valence-electron chi connectivity index (χ4n) is 3.41. The van der Waals surface area contributed by atoms with Crippen LogP contribution in [0, 0.1) is 0 Å². The minimum atomic E-state index is -0.557. The van der Waals surface area contributed by atoms with Crippen molar-refractivity contribution < 1.29 is 23.9 Å². The van der Waals surface area contributed by atoms with Gasteiger partial charge in [0, 0.05) is 24.3 Å². The highest BCUT2D eigenvalue weighted by Gasteiger charge is 2.33. The predicted molar refractivity (Wildman–Crippen MR) is 98.4 cm³/mol. The van der Waals surface area contributed by atoms with Crippen molar-refractivity contribution in [3.63, 3.8) is 0 Å². The summed E-state index contributed by atoms with van der Waals surface area (Å²) < 4.78 is 10.1. The molecule has 1 aromatic rings. The number of nitrogens with zero attached hydrogens (tertiary/aromatic N) is 1. The summed E-state index contributed by atoms with van der Waals surface area (Å²) in [6.45, 7) is 2.04. The van der Waals surface area contributed by atoms with Crippen LogP contribution in [0.3, 0.4) is 0 Å². The van der Waals surface area contributed by atoms with Crippen LogP contribution < -0.4 is 10.6 Å². The zero-order valence-corrected chi connectivity index (χ0v) is 15.4. The van der Waals surface area contributed by atoms with Crippen LogP contribution in [0.1, 0.15) is 29.6 Å². The normalized spacial score (nSPS) is 22.8. The maximum atomic E-state index is 12.9. The summed E-state index contributed by atoms with van der Waals surface area (Å²) >= 11 is 0. The number of anilines is 1. The lowest BCUT2D eigenvalue weighted by atomic mass is 10.0. The first kappa shape index (κ1) is 19.3. The van der Waals surface area contributed by atoms with Crippen LogP contribution in [0.4, 0.5) is 5.69 Å². The van der Waals surface area contributed by atoms with E-state index in [4.69, 9.17) is 9.47 Å². The number of nitrogens with one attached hydrogen (secondary N) is 2. The van der Waals surface area contributed by atoms with Gasteiger partial charge in [-0.1, -0.05) is 6.07 Å². The summed E-state index contributed by atoms with van der Waals surface area (Å²) in [5.74, 6) is -0.832. The van der Waals surface area contributed by atoms with E-state index in [1.165, 1.54) is 7.11 Å². The van der Waals surface area contributed by atoms with Crippen molar-refractivity contribution in [3.05, 3.63) is 29.8 Å². The van der Waals surface area contributed by atoms with Gasteiger partial charge in [-0.15, -0.1) is 0 Å². The number of carbonyl (C=O) groups is 3. The van der Waals surface area contributed by atoms with Gasteiger partial charge >= 0.3 is 5.97 Å². The van der Waals surface area contributed by atoms with Crippen molar-refractivity contribution in [2.75, 3.05) is 38.7 Å². The van der Waals surface area contributed by atoms with Crippen LogP contribution in [-0.4, -0.2) is 68.2 Å². The molecule has 27 heavy (non-hydrogen) atoms. The number of amides is 2. The summed E-state index contributed by atoms with van der Waals surface area (Å²) in [7, 11) is 1.33. The van der Waals surface area contributed by atoms with E-state index >= 15 is 0 Å². The maximum Gasteiger partial charge on any atom is 0.328 e. The maximum absolute atomic E-state index is 12.9. The predicted octanol–water partition coefficient (Wildman–Crippen LogP) is 0.781. The second-order valence-electron chi connectivity index (χ2n) is 6.68. The van der Waals surface area contributed by atoms with E-state index in [9.17, 15) is 14.4 Å². The highest BCUT2D eigenvalue weighted by Crippen LogP contribution is 2.22. The first-order chi connectivity index (χ1) is 13.1. The number of piperidine rings is 1. The molecule has 2 aliphatic rings. The number of methoxy groups -OCH3 is 1. The lowest BCUT2D eigenvalue weighted by Crippen LogP contribution is -2.49.